The van der Waals surface area contributed by atoms with Crippen molar-refractivity contribution in [3.8, 4) is 0 Å². The molecule has 0 bridgehead atoms. The highest BCUT2D eigenvalue weighted by Crippen LogP contribution is 2.26. The van der Waals surface area contributed by atoms with Gasteiger partial charge in [0, 0.05) is 32.7 Å². The zero-order chi connectivity index (χ0) is 13.8. The minimum Gasteiger partial charge on any atom is -0.353 e. The van der Waals surface area contributed by atoms with Gasteiger partial charge in [-0.2, -0.15) is 0 Å². The Hall–Kier alpha value is -0.870. The lowest BCUT2D eigenvalue weighted by molar-refractivity contribution is 0.192. The highest BCUT2D eigenvalue weighted by molar-refractivity contribution is 6.32. The molecule has 0 atom stereocenters. The molecule has 2 fully saturated rings. The maximum atomic E-state index is 6.17. The molecule has 1 aliphatic heterocycles. The molecular formula is C15H23ClN4. The number of anilines is 1. The number of hydrogen-bond donors (Lipinski definition) is 0. The van der Waals surface area contributed by atoms with Gasteiger partial charge in [-0.25, -0.2) is 9.97 Å². The number of nitrogens with zero attached hydrogens (tertiary/aromatic N) is 4. The molecule has 1 aromatic heterocycles. The van der Waals surface area contributed by atoms with Gasteiger partial charge in [-0.1, -0.05) is 30.9 Å². The molecule has 5 heteroatoms. The van der Waals surface area contributed by atoms with Crippen molar-refractivity contribution in [2.24, 2.45) is 5.92 Å². The molecular weight excluding hydrogens is 272 g/mol. The molecule has 2 heterocycles. The molecule has 0 aromatic carbocycles. The van der Waals surface area contributed by atoms with E-state index in [1.165, 1.54) is 38.6 Å². The van der Waals surface area contributed by atoms with Gasteiger partial charge in [0.1, 0.15) is 11.3 Å². The van der Waals surface area contributed by atoms with Crippen LogP contribution in [0.25, 0.3) is 0 Å². The van der Waals surface area contributed by atoms with Crippen molar-refractivity contribution >= 4 is 17.4 Å². The zero-order valence-corrected chi connectivity index (χ0v) is 12.7. The van der Waals surface area contributed by atoms with Crippen molar-refractivity contribution in [2.75, 3.05) is 37.6 Å². The van der Waals surface area contributed by atoms with Crippen LogP contribution in [0.5, 0.6) is 0 Å². The molecule has 1 aliphatic carbocycles. The second-order valence-electron chi connectivity index (χ2n) is 5.99. The third-order valence-electron chi connectivity index (χ3n) is 4.56. The number of piperazine rings is 1. The lowest BCUT2D eigenvalue weighted by atomic mass is 9.89. The molecule has 1 saturated carbocycles. The lowest BCUT2D eigenvalue weighted by Gasteiger charge is -2.37. The van der Waals surface area contributed by atoms with E-state index in [2.05, 4.69) is 19.8 Å². The monoisotopic (exact) mass is 294 g/mol. The summed E-state index contributed by atoms with van der Waals surface area (Å²) in [5.41, 5.74) is 0. The van der Waals surface area contributed by atoms with Crippen LogP contribution in [-0.2, 0) is 0 Å². The minimum absolute atomic E-state index is 0.660. The molecule has 1 aromatic rings. The molecule has 0 amide bonds. The SMILES string of the molecule is Clc1cncnc1N1CCN(CC2CCCCC2)CC1. The van der Waals surface area contributed by atoms with E-state index >= 15 is 0 Å². The van der Waals surface area contributed by atoms with E-state index in [0.29, 0.717) is 5.02 Å². The van der Waals surface area contributed by atoms with Gasteiger partial charge in [-0.15, -0.1) is 0 Å². The molecule has 1 saturated heterocycles. The van der Waals surface area contributed by atoms with E-state index in [-0.39, 0.29) is 0 Å². The second kappa shape index (κ2) is 6.72. The summed E-state index contributed by atoms with van der Waals surface area (Å²) in [6.07, 6.45) is 10.4. The fourth-order valence-electron chi connectivity index (χ4n) is 3.42. The Morgan fingerprint density at radius 2 is 1.85 bits per heavy atom. The smallest absolute Gasteiger partial charge is 0.150 e. The first-order valence-electron chi connectivity index (χ1n) is 7.76. The Morgan fingerprint density at radius 3 is 2.55 bits per heavy atom. The van der Waals surface area contributed by atoms with Crippen LogP contribution >= 0.6 is 11.6 Å². The summed E-state index contributed by atoms with van der Waals surface area (Å²) in [6, 6.07) is 0. The Balaban J connectivity index is 1.50. The third-order valence-corrected chi connectivity index (χ3v) is 4.83. The van der Waals surface area contributed by atoms with Crippen LogP contribution in [0.15, 0.2) is 12.5 Å². The summed E-state index contributed by atoms with van der Waals surface area (Å²) in [5, 5.41) is 0.660. The van der Waals surface area contributed by atoms with Crippen LogP contribution in [0.4, 0.5) is 5.82 Å². The van der Waals surface area contributed by atoms with E-state index in [0.717, 1.165) is 37.9 Å². The van der Waals surface area contributed by atoms with Gasteiger partial charge >= 0.3 is 0 Å². The molecule has 0 spiro atoms. The molecule has 110 valence electrons. The number of hydrogen-bond acceptors (Lipinski definition) is 4. The summed E-state index contributed by atoms with van der Waals surface area (Å²) in [6.45, 7) is 5.56. The van der Waals surface area contributed by atoms with Crippen LogP contribution in [-0.4, -0.2) is 47.6 Å². The number of aromatic nitrogens is 2. The normalized spacial score (nSPS) is 22.1. The van der Waals surface area contributed by atoms with E-state index < -0.39 is 0 Å². The molecule has 0 N–H and O–H groups in total. The topological polar surface area (TPSA) is 32.3 Å². The molecule has 20 heavy (non-hydrogen) atoms. The van der Waals surface area contributed by atoms with Crippen molar-refractivity contribution in [3.05, 3.63) is 17.5 Å². The minimum atomic E-state index is 0.660. The fraction of sp³-hybridized carbons (Fsp3) is 0.733. The predicted octanol–water partition coefficient (Wildman–Crippen LogP) is 2.83. The molecule has 0 radical (unpaired) electrons. The second-order valence-corrected chi connectivity index (χ2v) is 6.39. The molecule has 0 unspecified atom stereocenters. The van der Waals surface area contributed by atoms with Gasteiger partial charge in [0.25, 0.3) is 0 Å². The quantitative estimate of drug-likeness (QED) is 0.858. The first kappa shape index (κ1) is 14.1. The van der Waals surface area contributed by atoms with Gasteiger partial charge in [0.15, 0.2) is 5.82 Å². The van der Waals surface area contributed by atoms with Crippen LogP contribution in [0.1, 0.15) is 32.1 Å². The van der Waals surface area contributed by atoms with E-state index in [4.69, 9.17) is 11.6 Å². The van der Waals surface area contributed by atoms with Crippen LogP contribution in [0.2, 0.25) is 5.02 Å². The third kappa shape index (κ3) is 3.41. The summed E-state index contributed by atoms with van der Waals surface area (Å²) < 4.78 is 0. The van der Waals surface area contributed by atoms with Crippen molar-refractivity contribution < 1.29 is 0 Å². The zero-order valence-electron chi connectivity index (χ0n) is 12.0. The number of rotatable bonds is 3. The average molecular weight is 295 g/mol. The maximum absolute atomic E-state index is 6.17. The molecule has 4 nitrogen and oxygen atoms in total. The van der Waals surface area contributed by atoms with Crippen molar-refractivity contribution in [3.63, 3.8) is 0 Å². The Kier molecular flexibility index (Phi) is 4.73. The van der Waals surface area contributed by atoms with Gasteiger partial charge in [0.05, 0.1) is 6.20 Å². The highest BCUT2D eigenvalue weighted by Gasteiger charge is 2.22. The highest BCUT2D eigenvalue weighted by atomic mass is 35.5. The van der Waals surface area contributed by atoms with Gasteiger partial charge in [-0.3, -0.25) is 4.90 Å². The van der Waals surface area contributed by atoms with Gasteiger partial charge < -0.3 is 4.90 Å². The van der Waals surface area contributed by atoms with E-state index in [1.807, 2.05) is 0 Å². The first-order valence-corrected chi connectivity index (χ1v) is 8.13. The molecule has 2 aliphatic rings. The van der Waals surface area contributed by atoms with Crippen LogP contribution in [0, 0.1) is 5.92 Å². The van der Waals surface area contributed by atoms with Crippen molar-refractivity contribution in [2.45, 2.75) is 32.1 Å². The van der Waals surface area contributed by atoms with Crippen molar-refractivity contribution in [1.82, 2.24) is 14.9 Å². The van der Waals surface area contributed by atoms with E-state index in [9.17, 15) is 0 Å². The Labute approximate surface area is 126 Å². The van der Waals surface area contributed by atoms with Gasteiger partial charge in [0.2, 0.25) is 0 Å². The first-order chi connectivity index (χ1) is 9.83. The average Bonchev–Trinajstić information content (AvgIpc) is 2.50. The predicted molar refractivity (Wildman–Crippen MR) is 82.3 cm³/mol. The summed E-state index contributed by atoms with van der Waals surface area (Å²) in [5.74, 6) is 1.82. The summed E-state index contributed by atoms with van der Waals surface area (Å²) in [4.78, 5) is 13.2. The maximum Gasteiger partial charge on any atom is 0.150 e. The Morgan fingerprint density at radius 1 is 1.10 bits per heavy atom. The van der Waals surface area contributed by atoms with Gasteiger partial charge in [-0.05, 0) is 18.8 Å². The van der Waals surface area contributed by atoms with E-state index in [1.54, 1.807) is 12.5 Å². The molecule has 3 rings (SSSR count). The van der Waals surface area contributed by atoms with Crippen molar-refractivity contribution in [1.29, 1.82) is 0 Å². The largest absolute Gasteiger partial charge is 0.353 e. The lowest BCUT2D eigenvalue weighted by Crippen LogP contribution is -2.48. The Bertz CT molecular complexity index is 426. The number of halogens is 1. The van der Waals surface area contributed by atoms with Crippen LogP contribution in [0.3, 0.4) is 0 Å². The summed E-state index contributed by atoms with van der Waals surface area (Å²) >= 11 is 6.17. The summed E-state index contributed by atoms with van der Waals surface area (Å²) in [7, 11) is 0. The van der Waals surface area contributed by atoms with Crippen LogP contribution < -0.4 is 4.90 Å². The standard InChI is InChI=1S/C15H23ClN4/c16-14-10-17-12-18-15(14)20-8-6-19(7-9-20)11-13-4-2-1-3-5-13/h10,12-13H,1-9,11H2. The fourth-order valence-corrected chi connectivity index (χ4v) is 3.64.